The van der Waals surface area contributed by atoms with Crippen molar-refractivity contribution in [3.05, 3.63) is 30.1 Å². The molecule has 108 valence electrons. The first-order valence-electron chi connectivity index (χ1n) is 6.72. The Kier molecular flexibility index (Phi) is 3.79. The molecule has 0 spiro atoms. The molecule has 2 rings (SSSR count). The molecule has 1 aliphatic rings. The van der Waals surface area contributed by atoms with Gasteiger partial charge in [-0.3, -0.25) is 14.6 Å². The molecule has 1 aromatic rings. The van der Waals surface area contributed by atoms with Crippen molar-refractivity contribution in [2.45, 2.75) is 20.3 Å². The molecule has 0 radical (unpaired) electrons. The van der Waals surface area contributed by atoms with E-state index in [9.17, 15) is 9.59 Å². The third-order valence-corrected chi connectivity index (χ3v) is 4.22. The molecule has 0 aromatic carbocycles. The Balaban J connectivity index is 1.92. The van der Waals surface area contributed by atoms with Crippen molar-refractivity contribution in [1.29, 1.82) is 0 Å². The molecule has 0 unspecified atom stereocenters. The van der Waals surface area contributed by atoms with Crippen LogP contribution < -0.4 is 0 Å². The number of carbonyl (C=O) groups is 2. The summed E-state index contributed by atoms with van der Waals surface area (Å²) < 4.78 is 0. The Bertz CT molecular complexity index is 513. The van der Waals surface area contributed by atoms with Gasteiger partial charge < -0.3 is 10.0 Å². The van der Waals surface area contributed by atoms with Crippen LogP contribution in [0.3, 0.4) is 0 Å². The molecule has 0 bridgehead atoms. The van der Waals surface area contributed by atoms with Crippen molar-refractivity contribution in [2.75, 3.05) is 13.6 Å². The SMILES string of the molecule is CN(CCc1ccncc1)C(=O)[C@H]1[C@@H](C(=O)O)C1(C)C. The third-order valence-electron chi connectivity index (χ3n) is 4.22. The molecule has 1 aliphatic carbocycles. The molecule has 2 atom stereocenters. The lowest BCUT2D eigenvalue weighted by Gasteiger charge is -2.18. The summed E-state index contributed by atoms with van der Waals surface area (Å²) in [6.07, 6.45) is 4.19. The fourth-order valence-corrected chi connectivity index (χ4v) is 2.75. The van der Waals surface area contributed by atoms with Crippen LogP contribution in [-0.4, -0.2) is 40.5 Å². The van der Waals surface area contributed by atoms with Crippen molar-refractivity contribution < 1.29 is 14.7 Å². The van der Waals surface area contributed by atoms with E-state index in [1.807, 2.05) is 26.0 Å². The van der Waals surface area contributed by atoms with Crippen LogP contribution in [0.25, 0.3) is 0 Å². The number of carbonyl (C=O) groups excluding carboxylic acids is 1. The Hall–Kier alpha value is -1.91. The van der Waals surface area contributed by atoms with Crippen LogP contribution in [-0.2, 0) is 16.0 Å². The van der Waals surface area contributed by atoms with Gasteiger partial charge in [-0.25, -0.2) is 0 Å². The monoisotopic (exact) mass is 276 g/mol. The molecule has 20 heavy (non-hydrogen) atoms. The Morgan fingerprint density at radius 2 is 1.90 bits per heavy atom. The lowest BCUT2D eigenvalue weighted by Crippen LogP contribution is -2.31. The number of hydrogen-bond acceptors (Lipinski definition) is 3. The summed E-state index contributed by atoms with van der Waals surface area (Å²) in [7, 11) is 1.73. The van der Waals surface area contributed by atoms with E-state index in [4.69, 9.17) is 5.11 Å². The second-order valence-corrected chi connectivity index (χ2v) is 5.98. The lowest BCUT2D eigenvalue weighted by molar-refractivity contribution is -0.141. The highest BCUT2D eigenvalue weighted by Crippen LogP contribution is 2.58. The molecule has 0 aliphatic heterocycles. The Morgan fingerprint density at radius 1 is 1.30 bits per heavy atom. The predicted octanol–water partition coefficient (Wildman–Crippen LogP) is 1.44. The standard InChI is InChI=1S/C15H20N2O3/c1-15(2)11(12(15)14(19)20)13(18)17(3)9-6-10-4-7-16-8-5-10/h4-5,7-8,11-12H,6,9H2,1-3H3,(H,19,20)/t11-,12+/m1/s1. The minimum Gasteiger partial charge on any atom is -0.481 e. The minimum absolute atomic E-state index is 0.0727. The predicted molar refractivity (Wildman–Crippen MR) is 74.0 cm³/mol. The van der Waals surface area contributed by atoms with Crippen molar-refractivity contribution in [1.82, 2.24) is 9.88 Å². The molecular weight excluding hydrogens is 256 g/mol. The first kappa shape index (κ1) is 14.5. The van der Waals surface area contributed by atoms with Crippen LogP contribution in [0.2, 0.25) is 0 Å². The Morgan fingerprint density at radius 3 is 2.40 bits per heavy atom. The average Bonchev–Trinajstić information content (AvgIpc) is 2.99. The molecule has 1 N–H and O–H groups in total. The summed E-state index contributed by atoms with van der Waals surface area (Å²) in [5, 5.41) is 9.12. The summed E-state index contributed by atoms with van der Waals surface area (Å²) in [6.45, 7) is 4.26. The van der Waals surface area contributed by atoms with Crippen LogP contribution >= 0.6 is 0 Å². The van der Waals surface area contributed by atoms with Gasteiger partial charge in [0.2, 0.25) is 5.91 Å². The number of carboxylic acid groups (broad SMARTS) is 1. The van der Waals surface area contributed by atoms with Crippen molar-refractivity contribution in [3.8, 4) is 0 Å². The number of amides is 1. The van der Waals surface area contributed by atoms with Gasteiger partial charge in [0.25, 0.3) is 0 Å². The molecule has 1 fully saturated rings. The molecule has 5 heteroatoms. The zero-order chi connectivity index (χ0) is 14.9. The molecule has 0 saturated heterocycles. The number of nitrogens with zero attached hydrogens (tertiary/aromatic N) is 2. The van der Waals surface area contributed by atoms with E-state index in [-0.39, 0.29) is 5.91 Å². The molecular formula is C15H20N2O3. The van der Waals surface area contributed by atoms with E-state index in [2.05, 4.69) is 4.98 Å². The fraction of sp³-hybridized carbons (Fsp3) is 0.533. The molecule has 1 heterocycles. The second kappa shape index (κ2) is 5.23. The smallest absolute Gasteiger partial charge is 0.307 e. The van der Waals surface area contributed by atoms with E-state index in [1.54, 1.807) is 24.3 Å². The van der Waals surface area contributed by atoms with Gasteiger partial charge in [0.1, 0.15) is 0 Å². The molecule has 1 aromatic heterocycles. The highest BCUT2D eigenvalue weighted by molar-refractivity contribution is 5.91. The number of rotatable bonds is 5. The van der Waals surface area contributed by atoms with Crippen LogP contribution in [0.15, 0.2) is 24.5 Å². The van der Waals surface area contributed by atoms with Crippen molar-refractivity contribution in [3.63, 3.8) is 0 Å². The van der Waals surface area contributed by atoms with E-state index < -0.39 is 23.2 Å². The maximum absolute atomic E-state index is 12.3. The number of likely N-dealkylation sites (N-methyl/N-ethyl adjacent to an activating group) is 1. The van der Waals surface area contributed by atoms with Crippen molar-refractivity contribution >= 4 is 11.9 Å². The molecule has 5 nitrogen and oxygen atoms in total. The Labute approximate surface area is 118 Å². The third kappa shape index (κ3) is 2.66. The fourth-order valence-electron chi connectivity index (χ4n) is 2.75. The van der Waals surface area contributed by atoms with Gasteiger partial charge in [0.05, 0.1) is 11.8 Å². The van der Waals surface area contributed by atoms with Gasteiger partial charge in [0.15, 0.2) is 0 Å². The number of carboxylic acids is 1. The highest BCUT2D eigenvalue weighted by Gasteiger charge is 2.66. The van der Waals surface area contributed by atoms with Gasteiger partial charge in [-0.05, 0) is 29.5 Å². The largest absolute Gasteiger partial charge is 0.481 e. The van der Waals surface area contributed by atoms with Gasteiger partial charge in [0, 0.05) is 26.0 Å². The normalized spacial score (nSPS) is 23.1. The van der Waals surface area contributed by atoms with E-state index in [0.29, 0.717) is 6.54 Å². The van der Waals surface area contributed by atoms with E-state index in [1.165, 1.54) is 0 Å². The lowest BCUT2D eigenvalue weighted by atomic mass is 10.1. The van der Waals surface area contributed by atoms with Gasteiger partial charge in [-0.1, -0.05) is 13.8 Å². The summed E-state index contributed by atoms with van der Waals surface area (Å²) in [5.74, 6) is -1.91. The summed E-state index contributed by atoms with van der Waals surface area (Å²) >= 11 is 0. The number of aliphatic carboxylic acids is 1. The first-order valence-corrected chi connectivity index (χ1v) is 6.72. The van der Waals surface area contributed by atoms with Crippen LogP contribution in [0, 0.1) is 17.3 Å². The maximum atomic E-state index is 12.3. The number of hydrogen-bond donors (Lipinski definition) is 1. The zero-order valence-electron chi connectivity index (χ0n) is 12.0. The van der Waals surface area contributed by atoms with Gasteiger partial charge in [-0.2, -0.15) is 0 Å². The minimum atomic E-state index is -0.879. The summed E-state index contributed by atoms with van der Waals surface area (Å²) in [5.41, 5.74) is 0.679. The maximum Gasteiger partial charge on any atom is 0.307 e. The van der Waals surface area contributed by atoms with Crippen LogP contribution in [0.4, 0.5) is 0 Å². The van der Waals surface area contributed by atoms with Crippen LogP contribution in [0.5, 0.6) is 0 Å². The number of pyridine rings is 1. The topological polar surface area (TPSA) is 70.5 Å². The number of aromatic nitrogens is 1. The van der Waals surface area contributed by atoms with Gasteiger partial charge in [-0.15, -0.1) is 0 Å². The quantitative estimate of drug-likeness (QED) is 0.883. The van der Waals surface area contributed by atoms with Crippen molar-refractivity contribution in [2.24, 2.45) is 17.3 Å². The zero-order valence-corrected chi connectivity index (χ0v) is 12.0. The van der Waals surface area contributed by atoms with Crippen LogP contribution in [0.1, 0.15) is 19.4 Å². The van der Waals surface area contributed by atoms with Gasteiger partial charge >= 0.3 is 5.97 Å². The average molecular weight is 276 g/mol. The highest BCUT2D eigenvalue weighted by atomic mass is 16.4. The summed E-state index contributed by atoms with van der Waals surface area (Å²) in [4.78, 5) is 29.0. The second-order valence-electron chi connectivity index (χ2n) is 5.98. The molecule has 1 saturated carbocycles. The van der Waals surface area contributed by atoms with E-state index >= 15 is 0 Å². The summed E-state index contributed by atoms with van der Waals surface area (Å²) in [6, 6.07) is 3.83. The van der Waals surface area contributed by atoms with E-state index in [0.717, 1.165) is 12.0 Å². The first-order chi connectivity index (χ1) is 9.35. The molecule has 1 amide bonds.